The van der Waals surface area contributed by atoms with Crippen LogP contribution in [0, 0.1) is 28.6 Å². The van der Waals surface area contributed by atoms with E-state index in [4.69, 9.17) is 5.26 Å². The maximum Gasteiger partial charge on any atom is 0.241 e. The second-order valence-corrected chi connectivity index (χ2v) is 3.87. The van der Waals surface area contributed by atoms with Gasteiger partial charge in [-0.1, -0.05) is 6.92 Å². The molecule has 64 valence electrons. The van der Waals surface area contributed by atoms with E-state index >= 15 is 0 Å². The van der Waals surface area contributed by atoms with E-state index in [9.17, 15) is 4.79 Å². The van der Waals surface area contributed by atoms with Gasteiger partial charge in [-0.05, 0) is 18.8 Å². The third kappa shape index (κ3) is 0.726. The van der Waals surface area contributed by atoms with Gasteiger partial charge in [-0.15, -0.1) is 0 Å². The van der Waals surface area contributed by atoms with Gasteiger partial charge in [-0.2, -0.15) is 5.26 Å². The van der Waals surface area contributed by atoms with Crippen LogP contribution in [0.5, 0.6) is 0 Å². The van der Waals surface area contributed by atoms with E-state index in [0.717, 1.165) is 12.8 Å². The Morgan fingerprint density at radius 3 is 2.67 bits per heavy atom. The molecule has 12 heavy (non-hydrogen) atoms. The van der Waals surface area contributed by atoms with Crippen molar-refractivity contribution in [3.8, 4) is 6.07 Å². The van der Waals surface area contributed by atoms with E-state index in [2.05, 4.69) is 11.4 Å². The second kappa shape index (κ2) is 2.22. The van der Waals surface area contributed by atoms with Gasteiger partial charge in [0, 0.05) is 12.5 Å². The fourth-order valence-electron chi connectivity index (χ4n) is 2.16. The van der Waals surface area contributed by atoms with Crippen molar-refractivity contribution in [2.75, 3.05) is 6.54 Å². The summed E-state index contributed by atoms with van der Waals surface area (Å²) in [6, 6.07) is 2.23. The van der Waals surface area contributed by atoms with Crippen molar-refractivity contribution < 1.29 is 4.79 Å². The van der Waals surface area contributed by atoms with Crippen LogP contribution in [0.25, 0.3) is 0 Å². The third-order valence-corrected chi connectivity index (χ3v) is 3.13. The normalized spacial score (nSPS) is 40.7. The Hall–Kier alpha value is -1.04. The zero-order chi connectivity index (χ0) is 8.77. The van der Waals surface area contributed by atoms with Gasteiger partial charge in [-0.25, -0.2) is 0 Å². The number of amides is 1. The fraction of sp³-hybridized carbons (Fsp3) is 0.778. The monoisotopic (exact) mass is 164 g/mol. The molecule has 1 saturated heterocycles. The minimum atomic E-state index is -0.681. The van der Waals surface area contributed by atoms with Crippen molar-refractivity contribution in [3.63, 3.8) is 0 Å². The van der Waals surface area contributed by atoms with Crippen LogP contribution in [0.1, 0.15) is 19.8 Å². The Labute approximate surface area is 71.8 Å². The first kappa shape index (κ1) is 7.60. The van der Waals surface area contributed by atoms with E-state index in [0.29, 0.717) is 12.5 Å². The highest BCUT2D eigenvalue weighted by Gasteiger charge is 2.57. The van der Waals surface area contributed by atoms with Gasteiger partial charge in [0.1, 0.15) is 5.41 Å². The first-order chi connectivity index (χ1) is 5.71. The van der Waals surface area contributed by atoms with Crippen LogP contribution >= 0.6 is 0 Å². The molecule has 0 radical (unpaired) electrons. The molecule has 1 aliphatic carbocycles. The lowest BCUT2D eigenvalue weighted by molar-refractivity contribution is -0.126. The van der Waals surface area contributed by atoms with Crippen LogP contribution in [0.4, 0.5) is 0 Å². The van der Waals surface area contributed by atoms with Gasteiger partial charge in [0.05, 0.1) is 6.07 Å². The SMILES string of the molecule is C[C@@H]1CNC(=O)[C@]1(C#N)C1CC1. The summed E-state index contributed by atoms with van der Waals surface area (Å²) in [6.45, 7) is 2.66. The Morgan fingerprint density at radius 2 is 2.33 bits per heavy atom. The van der Waals surface area contributed by atoms with Crippen molar-refractivity contribution >= 4 is 5.91 Å². The molecule has 3 heteroatoms. The quantitative estimate of drug-likeness (QED) is 0.619. The molecular weight excluding hydrogens is 152 g/mol. The van der Waals surface area contributed by atoms with E-state index in [1.807, 2.05) is 6.92 Å². The van der Waals surface area contributed by atoms with Gasteiger partial charge in [0.25, 0.3) is 0 Å². The van der Waals surface area contributed by atoms with Crippen LogP contribution in [-0.2, 0) is 4.79 Å². The molecule has 2 atom stereocenters. The molecule has 0 aromatic heterocycles. The van der Waals surface area contributed by atoms with Crippen molar-refractivity contribution in [3.05, 3.63) is 0 Å². The summed E-state index contributed by atoms with van der Waals surface area (Å²) >= 11 is 0. The van der Waals surface area contributed by atoms with Crippen LogP contribution in [0.15, 0.2) is 0 Å². The van der Waals surface area contributed by atoms with Crippen LogP contribution in [0.3, 0.4) is 0 Å². The lowest BCUT2D eigenvalue weighted by atomic mass is 9.75. The van der Waals surface area contributed by atoms with Crippen molar-refractivity contribution in [2.24, 2.45) is 17.3 Å². The summed E-state index contributed by atoms with van der Waals surface area (Å²) in [7, 11) is 0. The molecule has 1 N–H and O–H groups in total. The molecule has 2 fully saturated rings. The van der Waals surface area contributed by atoms with Crippen LogP contribution in [-0.4, -0.2) is 12.5 Å². The first-order valence-electron chi connectivity index (χ1n) is 4.41. The highest BCUT2D eigenvalue weighted by Crippen LogP contribution is 2.51. The number of nitrogens with zero attached hydrogens (tertiary/aromatic N) is 1. The first-order valence-corrected chi connectivity index (χ1v) is 4.41. The molecule has 0 bridgehead atoms. The van der Waals surface area contributed by atoms with Crippen molar-refractivity contribution in [1.29, 1.82) is 5.26 Å². The lowest BCUT2D eigenvalue weighted by Crippen LogP contribution is -2.34. The Kier molecular flexibility index (Phi) is 1.41. The topological polar surface area (TPSA) is 52.9 Å². The number of nitriles is 1. The summed E-state index contributed by atoms with van der Waals surface area (Å²) in [4.78, 5) is 11.5. The van der Waals surface area contributed by atoms with E-state index in [-0.39, 0.29) is 11.8 Å². The summed E-state index contributed by atoms with van der Waals surface area (Å²) in [5, 5.41) is 11.8. The molecular formula is C9H12N2O. The maximum atomic E-state index is 11.5. The molecule has 2 rings (SSSR count). The summed E-state index contributed by atoms with van der Waals surface area (Å²) < 4.78 is 0. The van der Waals surface area contributed by atoms with Gasteiger partial charge >= 0.3 is 0 Å². The van der Waals surface area contributed by atoms with Gasteiger partial charge in [0.15, 0.2) is 0 Å². The maximum absolute atomic E-state index is 11.5. The number of rotatable bonds is 1. The Bertz CT molecular complexity index is 264. The van der Waals surface area contributed by atoms with Crippen molar-refractivity contribution in [2.45, 2.75) is 19.8 Å². The third-order valence-electron chi connectivity index (χ3n) is 3.13. The Balaban J connectivity index is 2.36. The smallest absolute Gasteiger partial charge is 0.241 e. The minimum absolute atomic E-state index is 0.0417. The molecule has 0 spiro atoms. The van der Waals surface area contributed by atoms with Gasteiger partial charge < -0.3 is 5.32 Å². The Morgan fingerprint density at radius 1 is 1.67 bits per heavy atom. The number of carbonyl (C=O) groups excluding carboxylic acids is 1. The molecule has 0 aromatic carbocycles. The zero-order valence-corrected chi connectivity index (χ0v) is 7.13. The van der Waals surface area contributed by atoms with Crippen LogP contribution < -0.4 is 5.32 Å². The standard InChI is InChI=1S/C9H12N2O/c1-6-4-11-8(12)9(6,5-10)7-2-3-7/h6-7H,2-4H2,1H3,(H,11,12)/t6-,9+/m1/s1. The van der Waals surface area contributed by atoms with Crippen molar-refractivity contribution in [1.82, 2.24) is 5.32 Å². The molecule has 0 unspecified atom stereocenters. The predicted octanol–water partition coefficient (Wildman–Crippen LogP) is 0.672. The lowest BCUT2D eigenvalue weighted by Gasteiger charge is -2.21. The molecule has 1 amide bonds. The molecule has 1 saturated carbocycles. The van der Waals surface area contributed by atoms with E-state index < -0.39 is 5.41 Å². The minimum Gasteiger partial charge on any atom is -0.354 e. The van der Waals surface area contributed by atoms with Gasteiger partial charge in [-0.3, -0.25) is 4.79 Å². The molecule has 2 aliphatic rings. The molecule has 3 nitrogen and oxygen atoms in total. The van der Waals surface area contributed by atoms with E-state index in [1.54, 1.807) is 0 Å². The summed E-state index contributed by atoms with van der Waals surface area (Å²) in [5.74, 6) is 0.475. The largest absolute Gasteiger partial charge is 0.354 e. The highest BCUT2D eigenvalue weighted by atomic mass is 16.2. The zero-order valence-electron chi connectivity index (χ0n) is 7.13. The number of carbonyl (C=O) groups is 1. The van der Waals surface area contributed by atoms with Gasteiger partial charge in [0.2, 0.25) is 5.91 Å². The molecule has 1 heterocycles. The van der Waals surface area contributed by atoms with Crippen LogP contribution in [0.2, 0.25) is 0 Å². The number of nitrogens with one attached hydrogen (secondary N) is 1. The predicted molar refractivity (Wildman–Crippen MR) is 42.9 cm³/mol. The average molecular weight is 164 g/mol. The number of hydrogen-bond donors (Lipinski definition) is 1. The average Bonchev–Trinajstić information content (AvgIpc) is 2.83. The highest BCUT2D eigenvalue weighted by molar-refractivity contribution is 5.88. The fourth-order valence-corrected chi connectivity index (χ4v) is 2.16. The summed E-state index contributed by atoms with van der Waals surface area (Å²) in [6.07, 6.45) is 2.09. The number of hydrogen-bond acceptors (Lipinski definition) is 2. The second-order valence-electron chi connectivity index (χ2n) is 3.87. The molecule has 1 aliphatic heterocycles. The van der Waals surface area contributed by atoms with E-state index in [1.165, 1.54) is 0 Å². The molecule has 0 aromatic rings. The summed E-state index contributed by atoms with van der Waals surface area (Å²) in [5.41, 5.74) is -0.681.